The fourth-order valence-corrected chi connectivity index (χ4v) is 1.62. The molecule has 1 atom stereocenters. The Morgan fingerprint density at radius 2 is 2.00 bits per heavy atom. The first kappa shape index (κ1) is 16.4. The van der Waals surface area contributed by atoms with Gasteiger partial charge in [0.1, 0.15) is 5.60 Å². The van der Waals surface area contributed by atoms with Gasteiger partial charge < -0.3 is 15.8 Å². The van der Waals surface area contributed by atoms with Crippen molar-refractivity contribution < 1.29 is 18.3 Å². The highest BCUT2D eigenvalue weighted by atomic mass is 19.2. The molecule has 0 heterocycles. The number of hydrogen-bond donors (Lipinski definition) is 2. The topological polar surface area (TPSA) is 64.3 Å². The first-order valence-corrected chi connectivity index (χ1v) is 6.35. The molecule has 1 aromatic rings. The van der Waals surface area contributed by atoms with Gasteiger partial charge in [-0.25, -0.2) is 13.6 Å². The van der Waals surface area contributed by atoms with E-state index in [1.54, 1.807) is 20.8 Å². The van der Waals surface area contributed by atoms with Crippen molar-refractivity contribution in [3.8, 4) is 0 Å². The molecule has 4 nitrogen and oxygen atoms in total. The van der Waals surface area contributed by atoms with Crippen LogP contribution >= 0.6 is 0 Å². The van der Waals surface area contributed by atoms with Crippen molar-refractivity contribution in [1.29, 1.82) is 0 Å². The van der Waals surface area contributed by atoms with Gasteiger partial charge in [0.25, 0.3) is 0 Å². The lowest BCUT2D eigenvalue weighted by atomic mass is 9.99. The molecule has 0 aliphatic heterocycles. The summed E-state index contributed by atoms with van der Waals surface area (Å²) in [5, 5.41) is 2.57. The molecule has 6 heteroatoms. The molecule has 1 rings (SSSR count). The molecule has 0 saturated heterocycles. The van der Waals surface area contributed by atoms with Crippen molar-refractivity contribution in [1.82, 2.24) is 5.32 Å². The molecule has 112 valence electrons. The largest absolute Gasteiger partial charge is 0.444 e. The summed E-state index contributed by atoms with van der Waals surface area (Å²) in [6.07, 6.45) is -0.571. The Labute approximate surface area is 117 Å². The Balaban J connectivity index is 2.63. The van der Waals surface area contributed by atoms with E-state index in [1.165, 1.54) is 6.07 Å². The number of ether oxygens (including phenoxy) is 1. The predicted molar refractivity (Wildman–Crippen MR) is 72.4 cm³/mol. The van der Waals surface area contributed by atoms with Crippen molar-refractivity contribution in [2.24, 2.45) is 5.73 Å². The van der Waals surface area contributed by atoms with E-state index >= 15 is 0 Å². The van der Waals surface area contributed by atoms with Crippen molar-refractivity contribution in [2.45, 2.75) is 32.3 Å². The van der Waals surface area contributed by atoms with Crippen LogP contribution in [0.2, 0.25) is 0 Å². The summed E-state index contributed by atoms with van der Waals surface area (Å²) in [6, 6.07) is 3.58. The van der Waals surface area contributed by atoms with Gasteiger partial charge in [0.15, 0.2) is 11.6 Å². The summed E-state index contributed by atoms with van der Waals surface area (Å²) in [4.78, 5) is 11.5. The first-order chi connectivity index (χ1) is 9.23. The van der Waals surface area contributed by atoms with Crippen molar-refractivity contribution in [2.75, 3.05) is 13.1 Å². The lowest BCUT2D eigenvalue weighted by Gasteiger charge is -2.21. The second kappa shape index (κ2) is 6.65. The predicted octanol–water partition coefficient (Wildman–Crippen LogP) is 2.53. The monoisotopic (exact) mass is 286 g/mol. The number of halogens is 2. The van der Waals surface area contributed by atoms with E-state index in [0.29, 0.717) is 5.56 Å². The normalized spacial score (nSPS) is 12.9. The minimum absolute atomic E-state index is 0.191. The Bertz CT molecular complexity index is 473. The molecule has 0 saturated carbocycles. The number of nitrogens with one attached hydrogen (secondary N) is 1. The molecule has 0 aromatic heterocycles. The summed E-state index contributed by atoms with van der Waals surface area (Å²) < 4.78 is 31.1. The Morgan fingerprint density at radius 1 is 1.35 bits per heavy atom. The van der Waals surface area contributed by atoms with E-state index in [2.05, 4.69) is 5.32 Å². The third-order valence-electron chi connectivity index (χ3n) is 2.59. The number of amides is 1. The zero-order chi connectivity index (χ0) is 15.3. The zero-order valence-corrected chi connectivity index (χ0v) is 11.9. The van der Waals surface area contributed by atoms with Gasteiger partial charge >= 0.3 is 6.09 Å². The number of rotatable bonds is 4. The Hall–Kier alpha value is -1.69. The van der Waals surface area contributed by atoms with Crippen LogP contribution in [0, 0.1) is 11.6 Å². The Kier molecular flexibility index (Phi) is 5.44. The molecule has 0 aliphatic rings. The van der Waals surface area contributed by atoms with Gasteiger partial charge in [-0.05, 0) is 38.5 Å². The van der Waals surface area contributed by atoms with Crippen LogP contribution in [-0.4, -0.2) is 24.8 Å². The second-order valence-corrected chi connectivity index (χ2v) is 5.49. The number of carbonyl (C=O) groups is 1. The van der Waals surface area contributed by atoms with Crippen LogP contribution in [0.3, 0.4) is 0 Å². The summed E-state index contributed by atoms with van der Waals surface area (Å²) >= 11 is 0. The molecule has 0 fully saturated rings. The van der Waals surface area contributed by atoms with Gasteiger partial charge in [0.05, 0.1) is 0 Å². The highest BCUT2D eigenvalue weighted by Crippen LogP contribution is 2.17. The van der Waals surface area contributed by atoms with Gasteiger partial charge in [-0.1, -0.05) is 6.07 Å². The molecule has 0 bridgehead atoms. The average molecular weight is 286 g/mol. The summed E-state index contributed by atoms with van der Waals surface area (Å²) in [6.45, 7) is 5.64. The molecular weight excluding hydrogens is 266 g/mol. The smallest absolute Gasteiger partial charge is 0.407 e. The van der Waals surface area contributed by atoms with Crippen LogP contribution in [0.1, 0.15) is 32.3 Å². The Morgan fingerprint density at radius 3 is 2.50 bits per heavy atom. The summed E-state index contributed by atoms with van der Waals surface area (Å²) in [5.41, 5.74) is 5.54. The van der Waals surface area contributed by atoms with Crippen LogP contribution in [0.25, 0.3) is 0 Å². The molecule has 20 heavy (non-hydrogen) atoms. The van der Waals surface area contributed by atoms with Gasteiger partial charge in [-0.3, -0.25) is 0 Å². The van der Waals surface area contributed by atoms with E-state index in [9.17, 15) is 13.6 Å². The maximum absolute atomic E-state index is 13.2. The van der Waals surface area contributed by atoms with Crippen LogP contribution < -0.4 is 11.1 Å². The lowest BCUT2D eigenvalue weighted by molar-refractivity contribution is 0.0525. The maximum atomic E-state index is 13.2. The highest BCUT2D eigenvalue weighted by molar-refractivity contribution is 5.67. The number of hydrogen-bond acceptors (Lipinski definition) is 3. The highest BCUT2D eigenvalue weighted by Gasteiger charge is 2.18. The lowest BCUT2D eigenvalue weighted by Crippen LogP contribution is -2.36. The van der Waals surface area contributed by atoms with E-state index in [4.69, 9.17) is 10.5 Å². The SMILES string of the molecule is CC(C)(C)OC(=O)NCC(CN)c1ccc(F)c(F)c1. The van der Waals surface area contributed by atoms with Crippen LogP contribution in [-0.2, 0) is 4.74 Å². The minimum Gasteiger partial charge on any atom is -0.444 e. The van der Waals surface area contributed by atoms with Gasteiger partial charge in [0, 0.05) is 19.0 Å². The van der Waals surface area contributed by atoms with Crippen molar-refractivity contribution in [3.05, 3.63) is 35.4 Å². The molecule has 1 amide bonds. The maximum Gasteiger partial charge on any atom is 0.407 e. The average Bonchev–Trinajstić information content (AvgIpc) is 2.32. The quantitative estimate of drug-likeness (QED) is 0.894. The third kappa shape index (κ3) is 5.13. The van der Waals surface area contributed by atoms with Gasteiger partial charge in [-0.15, -0.1) is 0 Å². The van der Waals surface area contributed by atoms with E-state index in [-0.39, 0.29) is 19.0 Å². The molecular formula is C14H20F2N2O2. The second-order valence-electron chi connectivity index (χ2n) is 5.49. The number of carbonyl (C=O) groups excluding carboxylic acids is 1. The van der Waals surface area contributed by atoms with Gasteiger partial charge in [0.2, 0.25) is 0 Å². The molecule has 1 aromatic carbocycles. The number of benzene rings is 1. The summed E-state index contributed by atoms with van der Waals surface area (Å²) in [7, 11) is 0. The third-order valence-corrected chi connectivity index (χ3v) is 2.59. The molecule has 0 aliphatic carbocycles. The molecule has 1 unspecified atom stereocenters. The first-order valence-electron chi connectivity index (χ1n) is 6.35. The van der Waals surface area contributed by atoms with Crippen molar-refractivity contribution >= 4 is 6.09 Å². The van der Waals surface area contributed by atoms with Crippen LogP contribution in [0.4, 0.5) is 13.6 Å². The molecule has 0 spiro atoms. The fraction of sp³-hybridized carbons (Fsp3) is 0.500. The molecule has 0 radical (unpaired) electrons. The minimum atomic E-state index is -0.932. The fourth-order valence-electron chi connectivity index (χ4n) is 1.62. The van der Waals surface area contributed by atoms with E-state index in [0.717, 1.165) is 12.1 Å². The summed E-state index contributed by atoms with van der Waals surface area (Å²) in [5.74, 6) is -2.15. The molecule has 3 N–H and O–H groups in total. The van der Waals surface area contributed by atoms with Gasteiger partial charge in [-0.2, -0.15) is 0 Å². The van der Waals surface area contributed by atoms with Crippen molar-refractivity contribution in [3.63, 3.8) is 0 Å². The zero-order valence-electron chi connectivity index (χ0n) is 11.9. The van der Waals surface area contributed by atoms with Crippen LogP contribution in [0.15, 0.2) is 18.2 Å². The van der Waals surface area contributed by atoms with Crippen LogP contribution in [0.5, 0.6) is 0 Å². The van der Waals surface area contributed by atoms with E-state index in [1.807, 2.05) is 0 Å². The van der Waals surface area contributed by atoms with E-state index < -0.39 is 23.3 Å². The number of alkyl carbamates (subject to hydrolysis) is 1. The standard InChI is InChI=1S/C14H20F2N2O2/c1-14(2,3)20-13(19)18-8-10(7-17)9-4-5-11(15)12(16)6-9/h4-6,10H,7-8,17H2,1-3H3,(H,18,19). The number of nitrogens with two attached hydrogens (primary N) is 1.